The molecule has 0 saturated heterocycles. The van der Waals surface area contributed by atoms with Crippen LogP contribution in [0.25, 0.3) is 0 Å². The molecule has 116 valence electrons. The van der Waals surface area contributed by atoms with Crippen LogP contribution in [0.5, 0.6) is 0 Å². The molecule has 0 aliphatic heterocycles. The Bertz CT molecular complexity index is 625. The number of hydrogen-bond donors (Lipinski definition) is 1. The molecular weight excluding hydrogens is 352 g/mol. The fraction of sp³-hybridized carbons (Fsp3) is 0.600. The van der Waals surface area contributed by atoms with Crippen LogP contribution < -0.4 is 5.32 Å². The van der Waals surface area contributed by atoms with Crippen molar-refractivity contribution in [2.75, 3.05) is 13.6 Å². The average molecular weight is 373 g/mol. The van der Waals surface area contributed by atoms with Gasteiger partial charge in [-0.2, -0.15) is 4.31 Å². The first-order valence-corrected chi connectivity index (χ1v) is 9.70. The first kappa shape index (κ1) is 15.5. The van der Waals surface area contributed by atoms with Gasteiger partial charge in [0.05, 0.1) is 4.90 Å². The van der Waals surface area contributed by atoms with Crippen molar-refractivity contribution in [1.82, 2.24) is 9.62 Å². The fourth-order valence-electron chi connectivity index (χ4n) is 2.55. The van der Waals surface area contributed by atoms with E-state index in [0.717, 1.165) is 18.4 Å². The summed E-state index contributed by atoms with van der Waals surface area (Å²) in [5.74, 6) is 0.569. The number of halogens is 1. The SMILES string of the molecule is CNCc1ccc(Br)c(S(=O)(=O)N(CC2CC2)C2CC2)c1. The van der Waals surface area contributed by atoms with Crippen molar-refractivity contribution in [1.29, 1.82) is 0 Å². The maximum absolute atomic E-state index is 13.0. The number of nitrogens with zero attached hydrogens (tertiary/aromatic N) is 1. The van der Waals surface area contributed by atoms with Crippen molar-refractivity contribution in [3.05, 3.63) is 28.2 Å². The van der Waals surface area contributed by atoms with Gasteiger partial charge in [0.2, 0.25) is 10.0 Å². The summed E-state index contributed by atoms with van der Waals surface area (Å²) in [5, 5.41) is 3.06. The summed E-state index contributed by atoms with van der Waals surface area (Å²) < 4.78 is 28.5. The van der Waals surface area contributed by atoms with Crippen LogP contribution in [0, 0.1) is 5.92 Å². The molecule has 0 radical (unpaired) electrons. The molecule has 6 heteroatoms. The lowest BCUT2D eigenvalue weighted by molar-refractivity contribution is 0.388. The molecule has 0 aromatic heterocycles. The van der Waals surface area contributed by atoms with Gasteiger partial charge in [-0.05, 0) is 72.3 Å². The Labute approximate surface area is 135 Å². The number of nitrogens with one attached hydrogen (secondary N) is 1. The highest BCUT2D eigenvalue weighted by Crippen LogP contribution is 2.39. The third-order valence-corrected chi connectivity index (χ3v) is 6.96. The van der Waals surface area contributed by atoms with Gasteiger partial charge in [-0.15, -0.1) is 0 Å². The lowest BCUT2D eigenvalue weighted by Gasteiger charge is -2.23. The van der Waals surface area contributed by atoms with Crippen molar-refractivity contribution >= 4 is 26.0 Å². The molecule has 1 N–H and O–H groups in total. The van der Waals surface area contributed by atoms with E-state index in [1.54, 1.807) is 10.4 Å². The van der Waals surface area contributed by atoms with Crippen LogP contribution in [0.1, 0.15) is 31.2 Å². The standard InChI is InChI=1S/C15H21BrN2O2S/c1-17-9-12-4-7-14(16)15(8-12)21(19,20)18(13-5-6-13)10-11-2-3-11/h4,7-8,11,13,17H,2-3,5-6,9-10H2,1H3. The largest absolute Gasteiger partial charge is 0.316 e. The minimum absolute atomic E-state index is 0.218. The highest BCUT2D eigenvalue weighted by molar-refractivity contribution is 9.10. The first-order chi connectivity index (χ1) is 10.0. The Balaban J connectivity index is 1.93. The zero-order chi connectivity index (χ0) is 15.0. The Morgan fingerprint density at radius 2 is 2.00 bits per heavy atom. The van der Waals surface area contributed by atoms with E-state index in [4.69, 9.17) is 0 Å². The van der Waals surface area contributed by atoms with Gasteiger partial charge in [-0.25, -0.2) is 8.42 Å². The summed E-state index contributed by atoms with van der Waals surface area (Å²) in [5.41, 5.74) is 0.987. The molecule has 21 heavy (non-hydrogen) atoms. The minimum atomic E-state index is -3.41. The van der Waals surface area contributed by atoms with Crippen LogP contribution >= 0.6 is 15.9 Å². The van der Waals surface area contributed by atoms with Crippen LogP contribution in [0.4, 0.5) is 0 Å². The zero-order valence-electron chi connectivity index (χ0n) is 12.2. The molecule has 1 aromatic carbocycles. The number of hydrogen-bond acceptors (Lipinski definition) is 3. The van der Waals surface area contributed by atoms with E-state index in [9.17, 15) is 8.42 Å². The third-order valence-electron chi connectivity index (χ3n) is 4.05. The summed E-state index contributed by atoms with van der Waals surface area (Å²) in [4.78, 5) is 0.405. The van der Waals surface area contributed by atoms with E-state index < -0.39 is 10.0 Å². The van der Waals surface area contributed by atoms with E-state index in [2.05, 4.69) is 21.2 Å². The predicted octanol–water partition coefficient (Wildman–Crippen LogP) is 2.73. The van der Waals surface area contributed by atoms with Crippen LogP contribution in [0.2, 0.25) is 0 Å². The highest BCUT2D eigenvalue weighted by Gasteiger charge is 2.41. The van der Waals surface area contributed by atoms with E-state index in [1.165, 1.54) is 12.8 Å². The second-order valence-corrected chi connectivity index (χ2v) is 8.76. The number of rotatable bonds is 7. The van der Waals surface area contributed by atoms with Crippen LogP contribution in [-0.4, -0.2) is 32.4 Å². The van der Waals surface area contributed by atoms with Gasteiger partial charge in [-0.1, -0.05) is 6.07 Å². The topological polar surface area (TPSA) is 49.4 Å². The predicted molar refractivity (Wildman–Crippen MR) is 86.5 cm³/mol. The summed E-state index contributed by atoms with van der Waals surface area (Å²) in [6, 6.07) is 5.79. The monoisotopic (exact) mass is 372 g/mol. The number of sulfonamides is 1. The summed E-state index contributed by atoms with van der Waals surface area (Å²) >= 11 is 3.41. The van der Waals surface area contributed by atoms with Crippen molar-refractivity contribution in [2.45, 2.75) is 43.2 Å². The molecule has 3 rings (SSSR count). The molecule has 2 fully saturated rings. The van der Waals surface area contributed by atoms with Crippen molar-refractivity contribution in [3.63, 3.8) is 0 Å². The average Bonchev–Trinajstić information content (AvgIpc) is 3.31. The summed E-state index contributed by atoms with van der Waals surface area (Å²) in [6.45, 7) is 1.36. The van der Waals surface area contributed by atoms with Gasteiger partial charge in [0.1, 0.15) is 0 Å². The quantitative estimate of drug-likeness (QED) is 0.800. The van der Waals surface area contributed by atoms with Crippen molar-refractivity contribution in [3.8, 4) is 0 Å². The molecule has 0 spiro atoms. The normalized spacial score (nSPS) is 19.2. The van der Waals surface area contributed by atoms with Crippen molar-refractivity contribution in [2.24, 2.45) is 5.92 Å². The second-order valence-electron chi connectivity index (χ2n) is 6.04. The lowest BCUT2D eigenvalue weighted by atomic mass is 10.2. The smallest absolute Gasteiger partial charge is 0.244 e. The minimum Gasteiger partial charge on any atom is -0.316 e. The molecular formula is C15H21BrN2O2S. The van der Waals surface area contributed by atoms with E-state index in [0.29, 0.717) is 28.4 Å². The third kappa shape index (κ3) is 3.50. The van der Waals surface area contributed by atoms with Gasteiger partial charge >= 0.3 is 0 Å². The van der Waals surface area contributed by atoms with Gasteiger partial charge in [0, 0.05) is 23.6 Å². The van der Waals surface area contributed by atoms with Crippen LogP contribution in [0.3, 0.4) is 0 Å². The maximum atomic E-state index is 13.0. The van der Waals surface area contributed by atoms with E-state index >= 15 is 0 Å². The molecule has 0 atom stereocenters. The van der Waals surface area contributed by atoms with Crippen molar-refractivity contribution < 1.29 is 8.42 Å². The second kappa shape index (κ2) is 5.99. The Kier molecular flexibility index (Phi) is 4.41. The Morgan fingerprint density at radius 1 is 1.29 bits per heavy atom. The highest BCUT2D eigenvalue weighted by atomic mass is 79.9. The summed E-state index contributed by atoms with van der Waals surface area (Å²) in [6.07, 6.45) is 4.33. The molecule has 0 bridgehead atoms. The Hall–Kier alpha value is -0.430. The first-order valence-electron chi connectivity index (χ1n) is 7.47. The molecule has 2 aliphatic carbocycles. The number of benzene rings is 1. The molecule has 0 amide bonds. The van der Waals surface area contributed by atoms with Gasteiger partial charge in [-0.3, -0.25) is 0 Å². The lowest BCUT2D eigenvalue weighted by Crippen LogP contribution is -2.35. The van der Waals surface area contributed by atoms with Crippen LogP contribution in [0.15, 0.2) is 27.6 Å². The Morgan fingerprint density at radius 3 is 2.57 bits per heavy atom. The maximum Gasteiger partial charge on any atom is 0.244 e. The van der Waals surface area contributed by atoms with Gasteiger partial charge in [0.25, 0.3) is 0 Å². The molecule has 2 aliphatic rings. The molecule has 0 unspecified atom stereocenters. The molecule has 0 heterocycles. The molecule has 1 aromatic rings. The van der Waals surface area contributed by atoms with E-state index in [1.807, 2.05) is 19.2 Å². The zero-order valence-corrected chi connectivity index (χ0v) is 14.6. The summed E-state index contributed by atoms with van der Waals surface area (Å²) in [7, 11) is -1.54. The van der Waals surface area contributed by atoms with Gasteiger partial charge < -0.3 is 5.32 Å². The van der Waals surface area contributed by atoms with Crippen LogP contribution in [-0.2, 0) is 16.6 Å². The molecule has 2 saturated carbocycles. The molecule has 4 nitrogen and oxygen atoms in total. The van der Waals surface area contributed by atoms with Gasteiger partial charge in [0.15, 0.2) is 0 Å². The van der Waals surface area contributed by atoms with E-state index in [-0.39, 0.29) is 6.04 Å². The fourth-order valence-corrected chi connectivity index (χ4v) is 5.28.